The lowest BCUT2D eigenvalue weighted by atomic mass is 10.1. The second-order valence-electron chi connectivity index (χ2n) is 4.25. The highest BCUT2D eigenvalue weighted by molar-refractivity contribution is 5.76. The smallest absolute Gasteiger partial charge is 0.220 e. The first-order valence-corrected chi connectivity index (χ1v) is 4.85. The number of ether oxygens (including phenoxy) is 1. The highest BCUT2D eigenvalue weighted by atomic mass is 16.5. The third-order valence-electron chi connectivity index (χ3n) is 1.77. The summed E-state index contributed by atoms with van der Waals surface area (Å²) in [5, 5.41) is 11.8. The van der Waals surface area contributed by atoms with Crippen molar-refractivity contribution in [2.45, 2.75) is 45.3 Å². The number of amides is 1. The van der Waals surface area contributed by atoms with Crippen LogP contribution in [0.5, 0.6) is 0 Å². The summed E-state index contributed by atoms with van der Waals surface area (Å²) in [6.07, 6.45) is 0.422. The van der Waals surface area contributed by atoms with Crippen LogP contribution >= 0.6 is 0 Å². The number of nitrogens with one attached hydrogen (secondary N) is 1. The Balaban J connectivity index is 3.81. The molecule has 2 N–H and O–H groups in total. The van der Waals surface area contributed by atoms with Gasteiger partial charge in [-0.1, -0.05) is 0 Å². The number of carbonyl (C=O) groups is 1. The van der Waals surface area contributed by atoms with Crippen molar-refractivity contribution in [2.75, 3.05) is 13.7 Å². The lowest BCUT2D eigenvalue weighted by Crippen LogP contribution is -2.46. The molecule has 0 radical (unpaired) electrons. The quantitative estimate of drug-likeness (QED) is 0.667. The highest BCUT2D eigenvalue weighted by Crippen LogP contribution is 2.04. The maximum atomic E-state index is 11.4. The number of carbonyl (C=O) groups excluding carboxylic acids is 1. The van der Waals surface area contributed by atoms with E-state index in [0.717, 1.165) is 0 Å². The molecule has 1 amide bonds. The van der Waals surface area contributed by atoms with E-state index in [1.54, 1.807) is 14.0 Å². The van der Waals surface area contributed by atoms with Gasteiger partial charge in [0.2, 0.25) is 5.91 Å². The topological polar surface area (TPSA) is 58.6 Å². The van der Waals surface area contributed by atoms with Gasteiger partial charge < -0.3 is 15.2 Å². The van der Waals surface area contributed by atoms with Gasteiger partial charge in [0.05, 0.1) is 18.2 Å². The predicted octanol–water partition coefficient (Wildman–Crippen LogP) is 0.689. The van der Waals surface area contributed by atoms with E-state index in [9.17, 15) is 4.79 Å². The summed E-state index contributed by atoms with van der Waals surface area (Å²) < 4.78 is 4.97. The zero-order valence-electron chi connectivity index (χ0n) is 9.46. The fourth-order valence-corrected chi connectivity index (χ4v) is 1.18. The number of rotatable bonds is 6. The molecule has 0 aliphatic rings. The monoisotopic (exact) mass is 203 g/mol. The molecule has 0 aromatic carbocycles. The van der Waals surface area contributed by atoms with Crippen LogP contribution in [0.25, 0.3) is 0 Å². The Morgan fingerprint density at radius 2 is 2.14 bits per heavy atom. The van der Waals surface area contributed by atoms with Crippen molar-refractivity contribution in [3.8, 4) is 0 Å². The van der Waals surface area contributed by atoms with Gasteiger partial charge in [-0.3, -0.25) is 4.79 Å². The molecule has 0 spiro atoms. The van der Waals surface area contributed by atoms with Crippen molar-refractivity contribution in [2.24, 2.45) is 0 Å². The lowest BCUT2D eigenvalue weighted by molar-refractivity contribution is -0.123. The van der Waals surface area contributed by atoms with Gasteiger partial charge in [0, 0.05) is 13.5 Å². The van der Waals surface area contributed by atoms with E-state index in [-0.39, 0.29) is 11.4 Å². The first-order valence-electron chi connectivity index (χ1n) is 4.85. The average molecular weight is 203 g/mol. The molecule has 0 aromatic rings. The average Bonchev–Trinajstić information content (AvgIpc) is 1.99. The maximum absolute atomic E-state index is 11.4. The summed E-state index contributed by atoms with van der Waals surface area (Å²) >= 11 is 0. The van der Waals surface area contributed by atoms with Crippen LogP contribution in [-0.2, 0) is 9.53 Å². The third kappa shape index (κ3) is 6.86. The Hall–Kier alpha value is -0.610. The second kappa shape index (κ2) is 5.98. The van der Waals surface area contributed by atoms with E-state index in [0.29, 0.717) is 19.4 Å². The van der Waals surface area contributed by atoms with Crippen LogP contribution in [-0.4, -0.2) is 36.4 Å². The van der Waals surface area contributed by atoms with Crippen LogP contribution in [0.1, 0.15) is 33.6 Å². The minimum absolute atomic E-state index is 0.0482. The highest BCUT2D eigenvalue weighted by Gasteiger charge is 2.19. The van der Waals surface area contributed by atoms with Crippen molar-refractivity contribution in [3.05, 3.63) is 0 Å². The van der Waals surface area contributed by atoms with Gasteiger partial charge >= 0.3 is 0 Å². The van der Waals surface area contributed by atoms with E-state index in [2.05, 4.69) is 5.32 Å². The molecule has 0 saturated carbocycles. The van der Waals surface area contributed by atoms with Crippen molar-refractivity contribution in [1.82, 2.24) is 5.32 Å². The van der Waals surface area contributed by atoms with Crippen molar-refractivity contribution in [1.29, 1.82) is 0 Å². The lowest BCUT2D eigenvalue weighted by Gasteiger charge is -2.25. The molecule has 0 bridgehead atoms. The summed E-state index contributed by atoms with van der Waals surface area (Å²) in [6, 6.07) is 0. The second-order valence-corrected chi connectivity index (χ2v) is 4.25. The van der Waals surface area contributed by atoms with Crippen molar-refractivity contribution in [3.63, 3.8) is 0 Å². The first kappa shape index (κ1) is 13.4. The van der Waals surface area contributed by atoms with Gasteiger partial charge in [-0.2, -0.15) is 0 Å². The standard InChI is InChI=1S/C10H21NO3/c1-8(12)5-6-9(13)11-10(2,3)7-14-4/h8,12H,5-7H2,1-4H3,(H,11,13). The molecule has 0 aromatic heterocycles. The number of aliphatic hydroxyl groups excluding tert-OH is 1. The van der Waals surface area contributed by atoms with Crippen LogP contribution in [0.2, 0.25) is 0 Å². The number of methoxy groups -OCH3 is 1. The Morgan fingerprint density at radius 3 is 2.57 bits per heavy atom. The molecule has 0 rings (SSSR count). The SMILES string of the molecule is COCC(C)(C)NC(=O)CCC(C)O. The van der Waals surface area contributed by atoms with Gasteiger partial charge in [0.15, 0.2) is 0 Å². The molecule has 0 saturated heterocycles. The molecule has 4 heteroatoms. The molecule has 14 heavy (non-hydrogen) atoms. The summed E-state index contributed by atoms with van der Waals surface area (Å²) in [6.45, 7) is 5.95. The van der Waals surface area contributed by atoms with Gasteiger partial charge in [0.25, 0.3) is 0 Å². The fourth-order valence-electron chi connectivity index (χ4n) is 1.18. The minimum Gasteiger partial charge on any atom is -0.393 e. The summed E-state index contributed by atoms with van der Waals surface area (Å²) in [7, 11) is 1.60. The van der Waals surface area contributed by atoms with Gasteiger partial charge in [-0.15, -0.1) is 0 Å². The predicted molar refractivity (Wildman–Crippen MR) is 55.0 cm³/mol. The normalized spacial score (nSPS) is 13.8. The molecule has 0 fully saturated rings. The molecule has 1 unspecified atom stereocenters. The van der Waals surface area contributed by atoms with Crippen LogP contribution in [0.3, 0.4) is 0 Å². The van der Waals surface area contributed by atoms with E-state index in [1.165, 1.54) is 0 Å². The number of hydrogen-bond donors (Lipinski definition) is 2. The molecule has 0 heterocycles. The molecule has 0 aliphatic heterocycles. The fraction of sp³-hybridized carbons (Fsp3) is 0.900. The summed E-state index contributed by atoms with van der Waals surface area (Å²) in [4.78, 5) is 11.4. The molecule has 4 nitrogen and oxygen atoms in total. The summed E-state index contributed by atoms with van der Waals surface area (Å²) in [5.41, 5.74) is -0.343. The van der Waals surface area contributed by atoms with Gasteiger partial charge in [0.1, 0.15) is 0 Å². The molecule has 84 valence electrons. The third-order valence-corrected chi connectivity index (χ3v) is 1.77. The van der Waals surface area contributed by atoms with E-state index < -0.39 is 6.10 Å². The Labute approximate surface area is 85.6 Å². The zero-order chi connectivity index (χ0) is 11.2. The maximum Gasteiger partial charge on any atom is 0.220 e. The number of hydrogen-bond acceptors (Lipinski definition) is 3. The molecule has 1 atom stereocenters. The van der Waals surface area contributed by atoms with E-state index in [1.807, 2.05) is 13.8 Å². The molecular weight excluding hydrogens is 182 g/mol. The van der Waals surface area contributed by atoms with Crippen LogP contribution in [0.15, 0.2) is 0 Å². The number of aliphatic hydroxyl groups is 1. The molecular formula is C10H21NO3. The van der Waals surface area contributed by atoms with E-state index >= 15 is 0 Å². The van der Waals surface area contributed by atoms with Crippen molar-refractivity contribution >= 4 is 5.91 Å². The van der Waals surface area contributed by atoms with E-state index in [4.69, 9.17) is 9.84 Å². The van der Waals surface area contributed by atoms with Gasteiger partial charge in [-0.25, -0.2) is 0 Å². The Morgan fingerprint density at radius 1 is 1.57 bits per heavy atom. The molecule has 0 aliphatic carbocycles. The minimum atomic E-state index is -0.425. The Bertz CT molecular complexity index is 178. The first-order chi connectivity index (χ1) is 6.37. The van der Waals surface area contributed by atoms with Crippen LogP contribution in [0, 0.1) is 0 Å². The Kier molecular flexibility index (Phi) is 5.72. The summed E-state index contributed by atoms with van der Waals surface area (Å²) in [5.74, 6) is -0.0482. The van der Waals surface area contributed by atoms with Crippen molar-refractivity contribution < 1.29 is 14.6 Å². The van der Waals surface area contributed by atoms with Gasteiger partial charge in [-0.05, 0) is 27.2 Å². The zero-order valence-corrected chi connectivity index (χ0v) is 9.46. The largest absolute Gasteiger partial charge is 0.393 e. The van der Waals surface area contributed by atoms with Crippen LogP contribution < -0.4 is 5.32 Å². The van der Waals surface area contributed by atoms with Crippen LogP contribution in [0.4, 0.5) is 0 Å².